The maximum Gasteiger partial charge on any atom is 0.250 e. The number of rotatable bonds is 7. The van der Waals surface area contributed by atoms with Crippen LogP contribution in [0.4, 0.5) is 0 Å². The van der Waals surface area contributed by atoms with Gasteiger partial charge in [0, 0.05) is 27.9 Å². The predicted molar refractivity (Wildman–Crippen MR) is 142 cm³/mol. The second-order valence-corrected chi connectivity index (χ2v) is 10.6. The van der Waals surface area contributed by atoms with Gasteiger partial charge >= 0.3 is 0 Å². The minimum absolute atomic E-state index is 0.165. The molecule has 1 amide bonds. The van der Waals surface area contributed by atoms with E-state index in [0.717, 1.165) is 22.6 Å². The van der Waals surface area contributed by atoms with Crippen LogP contribution in [0.2, 0.25) is 5.02 Å². The highest BCUT2D eigenvalue weighted by Gasteiger charge is 2.12. The quantitative estimate of drug-likeness (QED) is 0.219. The number of nitrogens with zero attached hydrogens (tertiary/aromatic N) is 5. The Labute approximate surface area is 218 Å². The van der Waals surface area contributed by atoms with Crippen molar-refractivity contribution in [2.24, 2.45) is 5.10 Å². The van der Waals surface area contributed by atoms with Gasteiger partial charge < -0.3 is 0 Å². The van der Waals surface area contributed by atoms with E-state index in [4.69, 9.17) is 11.6 Å². The number of hydrogen-bond acceptors (Lipinski definition) is 8. The Balaban J connectivity index is 1.33. The van der Waals surface area contributed by atoms with Gasteiger partial charge in [0.25, 0.3) is 5.91 Å². The summed E-state index contributed by atoms with van der Waals surface area (Å²) in [6, 6.07) is 23.1. The monoisotopic (exact) mass is 536 g/mol. The third-order valence-corrected chi connectivity index (χ3v) is 7.88. The number of benzene rings is 2. The van der Waals surface area contributed by atoms with E-state index < -0.39 is 0 Å². The second kappa shape index (κ2) is 11.0. The number of carbonyl (C=O) groups is 1. The lowest BCUT2D eigenvalue weighted by Gasteiger charge is -2.09. The van der Waals surface area contributed by atoms with E-state index in [0.29, 0.717) is 19.2 Å². The van der Waals surface area contributed by atoms with Crippen molar-refractivity contribution in [3.05, 3.63) is 94.2 Å². The average Bonchev–Trinajstić information content (AvgIpc) is 3.55. The number of thiazole rings is 1. The SMILES string of the molecule is O=C(CSc1nnc(-c2ccccn2)s1)N/N=c1/scc(-c2cccc(Cl)c2)n1-c1ccccc1. The Morgan fingerprint density at radius 2 is 1.91 bits per heavy atom. The molecule has 0 spiro atoms. The van der Waals surface area contributed by atoms with Crippen molar-refractivity contribution >= 4 is 51.9 Å². The molecule has 0 saturated carbocycles. The summed E-state index contributed by atoms with van der Waals surface area (Å²) < 4.78 is 2.69. The molecule has 3 heterocycles. The highest BCUT2D eigenvalue weighted by atomic mass is 35.5. The Hall–Kier alpha value is -3.31. The number of amides is 1. The van der Waals surface area contributed by atoms with Crippen LogP contribution in [-0.2, 0) is 4.79 Å². The fraction of sp³-hybridized carbons (Fsp3) is 0.0417. The van der Waals surface area contributed by atoms with Gasteiger partial charge in [0.05, 0.1) is 11.4 Å². The normalized spacial score (nSPS) is 11.5. The van der Waals surface area contributed by atoms with Crippen molar-refractivity contribution in [3.63, 3.8) is 0 Å². The lowest BCUT2D eigenvalue weighted by molar-refractivity contribution is -0.118. The van der Waals surface area contributed by atoms with Crippen molar-refractivity contribution in [1.29, 1.82) is 0 Å². The van der Waals surface area contributed by atoms with Gasteiger partial charge in [-0.3, -0.25) is 14.3 Å². The van der Waals surface area contributed by atoms with Crippen LogP contribution in [0.15, 0.2) is 93.8 Å². The first-order chi connectivity index (χ1) is 17.2. The first-order valence-corrected chi connectivity index (χ1v) is 13.5. The molecule has 0 saturated heterocycles. The summed E-state index contributed by atoms with van der Waals surface area (Å²) >= 11 is 10.4. The summed E-state index contributed by atoms with van der Waals surface area (Å²) in [5.74, 6) is -0.0695. The van der Waals surface area contributed by atoms with E-state index in [1.807, 2.05) is 82.7 Å². The van der Waals surface area contributed by atoms with E-state index in [9.17, 15) is 4.79 Å². The largest absolute Gasteiger partial charge is 0.284 e. The van der Waals surface area contributed by atoms with Crippen molar-refractivity contribution in [2.75, 3.05) is 5.75 Å². The zero-order valence-electron chi connectivity index (χ0n) is 18.0. The van der Waals surface area contributed by atoms with E-state index >= 15 is 0 Å². The Morgan fingerprint density at radius 3 is 2.71 bits per heavy atom. The van der Waals surface area contributed by atoms with Gasteiger partial charge in [-0.25, -0.2) is 5.43 Å². The zero-order chi connectivity index (χ0) is 24.0. The van der Waals surface area contributed by atoms with Gasteiger partial charge in [-0.05, 0) is 36.4 Å². The Morgan fingerprint density at radius 1 is 1.06 bits per heavy atom. The molecule has 11 heteroatoms. The number of hydrogen-bond donors (Lipinski definition) is 1. The number of thioether (sulfide) groups is 1. The maximum atomic E-state index is 12.5. The summed E-state index contributed by atoms with van der Waals surface area (Å²) in [5, 5.41) is 16.1. The number of nitrogens with one attached hydrogen (secondary N) is 1. The van der Waals surface area contributed by atoms with Crippen molar-refractivity contribution in [2.45, 2.75) is 4.34 Å². The highest BCUT2D eigenvalue weighted by Crippen LogP contribution is 2.28. The minimum atomic E-state index is -0.234. The van der Waals surface area contributed by atoms with E-state index in [1.54, 1.807) is 6.20 Å². The lowest BCUT2D eigenvalue weighted by atomic mass is 10.1. The van der Waals surface area contributed by atoms with Crippen LogP contribution in [0.1, 0.15) is 0 Å². The third kappa shape index (κ3) is 5.68. The second-order valence-electron chi connectivity index (χ2n) is 7.11. The van der Waals surface area contributed by atoms with Crippen LogP contribution in [0, 0.1) is 0 Å². The van der Waals surface area contributed by atoms with Crippen LogP contribution in [0.5, 0.6) is 0 Å². The molecular weight excluding hydrogens is 520 g/mol. The van der Waals surface area contributed by atoms with Gasteiger partial charge in [-0.15, -0.1) is 26.6 Å². The number of para-hydroxylation sites is 1. The van der Waals surface area contributed by atoms with E-state index in [-0.39, 0.29) is 11.7 Å². The smallest absolute Gasteiger partial charge is 0.250 e. The molecule has 5 rings (SSSR count). The summed E-state index contributed by atoms with van der Waals surface area (Å²) in [7, 11) is 0. The molecule has 5 aromatic rings. The van der Waals surface area contributed by atoms with Crippen LogP contribution >= 0.6 is 46.0 Å². The Kier molecular flexibility index (Phi) is 7.34. The fourth-order valence-corrected chi connectivity index (χ4v) is 5.87. The number of halogens is 1. The van der Waals surface area contributed by atoms with Gasteiger partial charge in [0.15, 0.2) is 9.35 Å². The summed E-state index contributed by atoms with van der Waals surface area (Å²) in [5.41, 5.74) is 6.25. The summed E-state index contributed by atoms with van der Waals surface area (Å²) in [6.45, 7) is 0. The number of aromatic nitrogens is 4. The van der Waals surface area contributed by atoms with E-state index in [1.165, 1.54) is 34.4 Å². The first-order valence-electron chi connectivity index (χ1n) is 10.4. The zero-order valence-corrected chi connectivity index (χ0v) is 21.2. The molecule has 1 N–H and O–H groups in total. The molecule has 0 aliphatic heterocycles. The molecule has 0 fully saturated rings. The molecule has 0 aliphatic rings. The van der Waals surface area contributed by atoms with Gasteiger partial charge in [0.1, 0.15) is 5.69 Å². The van der Waals surface area contributed by atoms with Gasteiger partial charge in [-0.1, -0.05) is 71.1 Å². The summed E-state index contributed by atoms with van der Waals surface area (Å²) in [6.07, 6.45) is 1.71. The molecule has 35 heavy (non-hydrogen) atoms. The molecule has 7 nitrogen and oxygen atoms in total. The molecule has 174 valence electrons. The van der Waals surface area contributed by atoms with Gasteiger partial charge in [0.2, 0.25) is 4.80 Å². The predicted octanol–water partition coefficient (Wildman–Crippen LogP) is 5.50. The van der Waals surface area contributed by atoms with E-state index in [2.05, 4.69) is 25.7 Å². The van der Waals surface area contributed by atoms with Gasteiger partial charge in [-0.2, -0.15) is 0 Å². The molecule has 3 aromatic heterocycles. The van der Waals surface area contributed by atoms with Crippen molar-refractivity contribution in [3.8, 4) is 27.6 Å². The topological polar surface area (TPSA) is 85.1 Å². The molecule has 0 unspecified atom stereocenters. The minimum Gasteiger partial charge on any atom is -0.284 e. The molecule has 2 aromatic carbocycles. The first kappa shape index (κ1) is 23.4. The molecule has 0 aliphatic carbocycles. The maximum absolute atomic E-state index is 12.5. The molecule has 0 bridgehead atoms. The van der Waals surface area contributed by atoms with Crippen LogP contribution in [0.3, 0.4) is 0 Å². The average molecular weight is 537 g/mol. The third-order valence-electron chi connectivity index (χ3n) is 4.74. The highest BCUT2D eigenvalue weighted by molar-refractivity contribution is 8.01. The molecule has 0 atom stereocenters. The molecular formula is C24H17ClN6OS3. The number of pyridine rings is 1. The van der Waals surface area contributed by atoms with Crippen molar-refractivity contribution in [1.82, 2.24) is 25.2 Å². The Bertz CT molecular complexity index is 1520. The van der Waals surface area contributed by atoms with Crippen molar-refractivity contribution < 1.29 is 4.79 Å². The van der Waals surface area contributed by atoms with Crippen LogP contribution in [-0.4, -0.2) is 31.4 Å². The van der Waals surface area contributed by atoms with Crippen LogP contribution in [0.25, 0.3) is 27.6 Å². The molecule has 0 radical (unpaired) electrons. The standard InChI is InChI=1S/C24H17ClN6OS3/c25-17-8-6-7-16(13-17)20-14-33-23(31(20)18-9-2-1-3-10-18)29-27-21(32)15-34-24-30-28-22(35-24)19-11-4-5-12-26-19/h1-14H,15H2,(H,27,32)/b29-23+. The lowest BCUT2D eigenvalue weighted by Crippen LogP contribution is -2.25. The number of carbonyl (C=O) groups excluding carboxylic acids is 1. The summed E-state index contributed by atoms with van der Waals surface area (Å²) in [4.78, 5) is 17.4. The fourth-order valence-electron chi connectivity index (χ4n) is 3.20. The van der Waals surface area contributed by atoms with Crippen LogP contribution < -0.4 is 10.2 Å².